The van der Waals surface area contributed by atoms with Crippen LogP contribution in [0.25, 0.3) is 11.3 Å². The van der Waals surface area contributed by atoms with Crippen LogP contribution in [0.2, 0.25) is 0 Å². The van der Waals surface area contributed by atoms with Crippen molar-refractivity contribution < 1.29 is 9.13 Å². The van der Waals surface area contributed by atoms with E-state index in [9.17, 15) is 4.39 Å². The standard InChI is InChI=1S/C27H39FN2O/c1-3-5-7-8-21-9-11-22(12-10-21)13-14-23-15-16-24(20-25(23)28)26-17-18-27(30-29-26)31-19-6-4-2/h15-18,20-22H,3-14,19H2,1-2H3. The highest BCUT2D eigenvalue weighted by molar-refractivity contribution is 5.59. The molecule has 1 aromatic heterocycles. The van der Waals surface area contributed by atoms with Crippen LogP contribution in [0.3, 0.4) is 0 Å². The van der Waals surface area contributed by atoms with Crippen LogP contribution in [0.4, 0.5) is 4.39 Å². The highest BCUT2D eigenvalue weighted by Crippen LogP contribution is 2.34. The van der Waals surface area contributed by atoms with Gasteiger partial charge >= 0.3 is 0 Å². The number of ether oxygens (including phenoxy) is 1. The summed E-state index contributed by atoms with van der Waals surface area (Å²) in [4.78, 5) is 0. The Balaban J connectivity index is 1.46. The monoisotopic (exact) mass is 426 g/mol. The molecule has 0 amide bonds. The van der Waals surface area contributed by atoms with E-state index in [2.05, 4.69) is 24.0 Å². The van der Waals surface area contributed by atoms with E-state index in [1.807, 2.05) is 24.3 Å². The summed E-state index contributed by atoms with van der Waals surface area (Å²) in [6, 6.07) is 9.14. The van der Waals surface area contributed by atoms with Gasteiger partial charge in [0, 0.05) is 11.6 Å². The van der Waals surface area contributed by atoms with Gasteiger partial charge in [-0.1, -0.05) is 83.8 Å². The van der Waals surface area contributed by atoms with E-state index in [1.165, 1.54) is 51.4 Å². The van der Waals surface area contributed by atoms with E-state index in [1.54, 1.807) is 6.07 Å². The van der Waals surface area contributed by atoms with Gasteiger partial charge in [-0.3, -0.25) is 0 Å². The summed E-state index contributed by atoms with van der Waals surface area (Å²) >= 11 is 0. The number of unbranched alkanes of at least 4 members (excludes halogenated alkanes) is 3. The Hall–Kier alpha value is -1.97. The molecule has 0 radical (unpaired) electrons. The average molecular weight is 427 g/mol. The Morgan fingerprint density at radius 1 is 0.871 bits per heavy atom. The number of aromatic nitrogens is 2. The van der Waals surface area contributed by atoms with Gasteiger partial charge in [-0.2, -0.15) is 0 Å². The number of rotatable bonds is 12. The molecule has 1 aliphatic rings. The van der Waals surface area contributed by atoms with Crippen molar-refractivity contribution in [2.24, 2.45) is 11.8 Å². The molecule has 0 aliphatic heterocycles. The molecule has 0 bridgehead atoms. The first-order valence-corrected chi connectivity index (χ1v) is 12.4. The van der Waals surface area contributed by atoms with Crippen LogP contribution in [-0.4, -0.2) is 16.8 Å². The van der Waals surface area contributed by atoms with Gasteiger partial charge in [0.1, 0.15) is 5.82 Å². The first kappa shape index (κ1) is 23.7. The quantitative estimate of drug-likeness (QED) is 0.325. The van der Waals surface area contributed by atoms with Crippen molar-refractivity contribution in [1.29, 1.82) is 0 Å². The Labute approximate surface area is 187 Å². The van der Waals surface area contributed by atoms with Crippen molar-refractivity contribution in [3.05, 3.63) is 41.7 Å². The van der Waals surface area contributed by atoms with E-state index >= 15 is 0 Å². The summed E-state index contributed by atoms with van der Waals surface area (Å²) < 4.78 is 20.3. The molecule has 1 heterocycles. The van der Waals surface area contributed by atoms with Crippen LogP contribution in [0.5, 0.6) is 5.88 Å². The third-order valence-corrected chi connectivity index (χ3v) is 6.74. The highest BCUT2D eigenvalue weighted by Gasteiger charge is 2.21. The van der Waals surface area contributed by atoms with Gasteiger partial charge < -0.3 is 4.74 Å². The molecule has 4 heteroatoms. The van der Waals surface area contributed by atoms with Crippen LogP contribution in [0, 0.1) is 17.7 Å². The van der Waals surface area contributed by atoms with Crippen molar-refractivity contribution in [3.8, 4) is 17.1 Å². The molecular weight excluding hydrogens is 387 g/mol. The summed E-state index contributed by atoms with van der Waals surface area (Å²) in [5, 5.41) is 8.32. The van der Waals surface area contributed by atoms with Crippen molar-refractivity contribution in [3.63, 3.8) is 0 Å². The van der Waals surface area contributed by atoms with Crippen LogP contribution in [0.1, 0.15) is 90.0 Å². The summed E-state index contributed by atoms with van der Waals surface area (Å²) in [5.74, 6) is 2.08. The maximum absolute atomic E-state index is 14.7. The van der Waals surface area contributed by atoms with Crippen molar-refractivity contribution in [1.82, 2.24) is 10.2 Å². The lowest BCUT2D eigenvalue weighted by molar-refractivity contribution is 0.248. The molecule has 170 valence electrons. The van der Waals surface area contributed by atoms with Gasteiger partial charge in [-0.15, -0.1) is 10.2 Å². The second-order valence-electron chi connectivity index (χ2n) is 9.19. The van der Waals surface area contributed by atoms with Gasteiger partial charge in [-0.25, -0.2) is 4.39 Å². The zero-order valence-electron chi connectivity index (χ0n) is 19.4. The molecule has 1 saturated carbocycles. The van der Waals surface area contributed by atoms with Gasteiger partial charge in [0.15, 0.2) is 0 Å². The molecule has 1 aromatic carbocycles. The molecule has 0 N–H and O–H groups in total. The lowest BCUT2D eigenvalue weighted by Crippen LogP contribution is -2.15. The first-order valence-electron chi connectivity index (χ1n) is 12.4. The average Bonchev–Trinajstić information content (AvgIpc) is 2.80. The Bertz CT molecular complexity index is 769. The molecule has 0 unspecified atom stereocenters. The highest BCUT2D eigenvalue weighted by atomic mass is 19.1. The van der Waals surface area contributed by atoms with Crippen LogP contribution in [0.15, 0.2) is 30.3 Å². The van der Waals surface area contributed by atoms with Gasteiger partial charge in [-0.05, 0) is 48.8 Å². The van der Waals surface area contributed by atoms with Crippen molar-refractivity contribution in [2.45, 2.75) is 90.9 Å². The Kier molecular flexibility index (Phi) is 9.77. The molecule has 0 spiro atoms. The molecule has 1 aliphatic carbocycles. The topological polar surface area (TPSA) is 35.0 Å². The zero-order chi connectivity index (χ0) is 21.9. The third-order valence-electron chi connectivity index (χ3n) is 6.74. The number of nitrogens with zero attached hydrogens (tertiary/aromatic N) is 2. The number of aryl methyl sites for hydroxylation is 1. The second kappa shape index (κ2) is 12.8. The SMILES string of the molecule is CCCCCC1CCC(CCc2ccc(-c3ccc(OCCCC)nn3)cc2F)CC1. The fourth-order valence-corrected chi connectivity index (χ4v) is 4.63. The molecule has 3 rings (SSSR count). The number of hydrogen-bond acceptors (Lipinski definition) is 3. The number of benzene rings is 1. The minimum atomic E-state index is -0.129. The third kappa shape index (κ3) is 7.59. The summed E-state index contributed by atoms with van der Waals surface area (Å²) in [6.07, 6.45) is 14.9. The molecule has 3 nitrogen and oxygen atoms in total. The molecule has 1 fully saturated rings. The summed E-state index contributed by atoms with van der Waals surface area (Å²) in [5.41, 5.74) is 2.26. The van der Waals surface area contributed by atoms with Crippen LogP contribution >= 0.6 is 0 Å². The van der Waals surface area contributed by atoms with E-state index in [0.29, 0.717) is 18.2 Å². The summed E-state index contributed by atoms with van der Waals surface area (Å²) in [6.45, 7) is 5.04. The second-order valence-corrected chi connectivity index (χ2v) is 9.19. The maximum Gasteiger partial charge on any atom is 0.233 e. The smallest absolute Gasteiger partial charge is 0.233 e. The first-order chi connectivity index (χ1) is 15.2. The lowest BCUT2D eigenvalue weighted by Gasteiger charge is -2.28. The van der Waals surface area contributed by atoms with E-state index < -0.39 is 0 Å². The van der Waals surface area contributed by atoms with Crippen LogP contribution in [-0.2, 0) is 6.42 Å². The van der Waals surface area contributed by atoms with Crippen LogP contribution < -0.4 is 4.74 Å². The van der Waals surface area contributed by atoms with E-state index in [-0.39, 0.29) is 5.82 Å². The van der Waals surface area contributed by atoms with Gasteiger partial charge in [0.25, 0.3) is 0 Å². The van der Waals surface area contributed by atoms with E-state index in [4.69, 9.17) is 4.74 Å². The normalized spacial score (nSPS) is 18.8. The summed E-state index contributed by atoms with van der Waals surface area (Å²) in [7, 11) is 0. The molecular formula is C27H39FN2O. The van der Waals surface area contributed by atoms with E-state index in [0.717, 1.165) is 48.6 Å². The molecule has 31 heavy (non-hydrogen) atoms. The fraction of sp³-hybridized carbons (Fsp3) is 0.630. The maximum atomic E-state index is 14.7. The van der Waals surface area contributed by atoms with Gasteiger partial charge in [0.05, 0.1) is 12.3 Å². The molecule has 2 aromatic rings. The minimum absolute atomic E-state index is 0.129. The largest absolute Gasteiger partial charge is 0.477 e. The minimum Gasteiger partial charge on any atom is -0.477 e. The van der Waals surface area contributed by atoms with Crippen molar-refractivity contribution in [2.75, 3.05) is 6.61 Å². The number of halogens is 1. The predicted molar refractivity (Wildman–Crippen MR) is 126 cm³/mol. The van der Waals surface area contributed by atoms with Crippen molar-refractivity contribution >= 4 is 0 Å². The van der Waals surface area contributed by atoms with Gasteiger partial charge in [0.2, 0.25) is 5.88 Å². The predicted octanol–water partition coefficient (Wildman–Crippen LogP) is 7.78. The Morgan fingerprint density at radius 3 is 2.26 bits per heavy atom. The Morgan fingerprint density at radius 2 is 1.61 bits per heavy atom. The zero-order valence-corrected chi connectivity index (χ0v) is 19.4. The molecule has 0 saturated heterocycles. The fourth-order valence-electron chi connectivity index (χ4n) is 4.63. The molecule has 0 atom stereocenters. The lowest BCUT2D eigenvalue weighted by atomic mass is 9.77. The number of hydrogen-bond donors (Lipinski definition) is 0.